The first-order chi connectivity index (χ1) is 10.9. The summed E-state index contributed by atoms with van der Waals surface area (Å²) in [6, 6.07) is 5.90. The molecular formula is C15H19N3O3S2. The van der Waals surface area contributed by atoms with Gasteiger partial charge in [-0.2, -0.15) is 4.72 Å². The number of hydrogen-bond donors (Lipinski definition) is 2. The lowest BCUT2D eigenvalue weighted by molar-refractivity contribution is -0.122. The molecule has 0 saturated carbocycles. The van der Waals surface area contributed by atoms with E-state index >= 15 is 0 Å². The van der Waals surface area contributed by atoms with Crippen LogP contribution in [0.1, 0.15) is 25.1 Å². The van der Waals surface area contributed by atoms with E-state index in [1.807, 2.05) is 12.3 Å². The van der Waals surface area contributed by atoms with E-state index < -0.39 is 22.0 Å². The summed E-state index contributed by atoms with van der Waals surface area (Å²) in [5, 5.41) is 4.49. The average Bonchev–Trinajstić information content (AvgIpc) is 3.05. The fourth-order valence-electron chi connectivity index (χ4n) is 2.06. The molecule has 1 unspecified atom stereocenters. The lowest BCUT2D eigenvalue weighted by Gasteiger charge is -2.15. The van der Waals surface area contributed by atoms with E-state index in [0.717, 1.165) is 11.3 Å². The van der Waals surface area contributed by atoms with E-state index in [2.05, 4.69) is 15.0 Å². The number of benzene rings is 1. The Hall–Kier alpha value is -1.77. The molecule has 1 heterocycles. The smallest absolute Gasteiger partial charge is 0.241 e. The second-order valence-corrected chi connectivity index (χ2v) is 7.40. The Morgan fingerprint density at radius 3 is 2.74 bits per heavy atom. The summed E-state index contributed by atoms with van der Waals surface area (Å²) in [6.45, 7) is 3.68. The maximum atomic E-state index is 12.5. The van der Waals surface area contributed by atoms with Crippen molar-refractivity contribution in [1.82, 2.24) is 15.0 Å². The van der Waals surface area contributed by atoms with Crippen LogP contribution in [-0.2, 0) is 27.8 Å². The molecule has 1 aromatic carbocycles. The monoisotopic (exact) mass is 353 g/mol. The third-order valence-electron chi connectivity index (χ3n) is 3.30. The number of rotatable bonds is 7. The Morgan fingerprint density at radius 1 is 1.35 bits per heavy atom. The molecule has 0 fully saturated rings. The van der Waals surface area contributed by atoms with Crippen LogP contribution in [0.15, 0.2) is 40.1 Å². The first-order valence-corrected chi connectivity index (χ1v) is 9.61. The molecule has 23 heavy (non-hydrogen) atoms. The number of nitrogens with zero attached hydrogens (tertiary/aromatic N) is 1. The number of aryl methyl sites for hydroxylation is 1. The van der Waals surface area contributed by atoms with Gasteiger partial charge in [0.15, 0.2) is 0 Å². The van der Waals surface area contributed by atoms with Crippen molar-refractivity contribution in [2.45, 2.75) is 37.8 Å². The second-order valence-electron chi connectivity index (χ2n) is 5.00. The quantitative estimate of drug-likeness (QED) is 0.793. The molecule has 2 aromatic rings. The molecule has 6 nitrogen and oxygen atoms in total. The molecule has 1 aromatic heterocycles. The summed E-state index contributed by atoms with van der Waals surface area (Å²) in [6.07, 6.45) is 0.599. The average molecular weight is 353 g/mol. The number of aromatic nitrogens is 1. The van der Waals surface area contributed by atoms with Gasteiger partial charge in [0.1, 0.15) is 0 Å². The van der Waals surface area contributed by atoms with E-state index in [4.69, 9.17) is 0 Å². The van der Waals surface area contributed by atoms with Gasteiger partial charge in [-0.3, -0.25) is 4.79 Å². The predicted octanol–water partition coefficient (Wildman–Crippen LogP) is 1.69. The Labute approximate surface area is 140 Å². The Balaban J connectivity index is 2.03. The van der Waals surface area contributed by atoms with Crippen molar-refractivity contribution in [3.05, 3.63) is 46.4 Å². The zero-order chi connectivity index (χ0) is 16.9. The molecule has 8 heteroatoms. The van der Waals surface area contributed by atoms with Crippen LogP contribution in [0.3, 0.4) is 0 Å². The zero-order valence-corrected chi connectivity index (χ0v) is 14.6. The lowest BCUT2D eigenvalue weighted by atomic mass is 10.2. The van der Waals surface area contributed by atoms with Gasteiger partial charge in [0.25, 0.3) is 0 Å². The molecule has 0 radical (unpaired) electrons. The molecule has 1 atom stereocenters. The molecule has 0 aliphatic carbocycles. The van der Waals surface area contributed by atoms with Gasteiger partial charge in [-0.05, 0) is 25.0 Å². The van der Waals surface area contributed by atoms with Crippen LogP contribution >= 0.6 is 11.3 Å². The zero-order valence-electron chi connectivity index (χ0n) is 12.9. The minimum atomic E-state index is -3.74. The highest BCUT2D eigenvalue weighted by molar-refractivity contribution is 7.89. The highest BCUT2D eigenvalue weighted by atomic mass is 32.2. The first-order valence-electron chi connectivity index (χ1n) is 7.19. The summed E-state index contributed by atoms with van der Waals surface area (Å²) < 4.78 is 27.3. The predicted molar refractivity (Wildman–Crippen MR) is 89.6 cm³/mol. The number of carbonyl (C=O) groups excluding carboxylic acids is 1. The molecule has 0 aliphatic rings. The van der Waals surface area contributed by atoms with Gasteiger partial charge in [0.05, 0.1) is 28.7 Å². The number of thiazole rings is 1. The minimum absolute atomic E-state index is 0.210. The van der Waals surface area contributed by atoms with Crippen molar-refractivity contribution >= 4 is 27.3 Å². The van der Waals surface area contributed by atoms with E-state index in [-0.39, 0.29) is 11.4 Å². The third-order valence-corrected chi connectivity index (χ3v) is 5.57. The van der Waals surface area contributed by atoms with Crippen molar-refractivity contribution in [2.75, 3.05) is 0 Å². The Bertz CT molecular complexity index is 758. The van der Waals surface area contributed by atoms with Crippen LogP contribution in [0.2, 0.25) is 0 Å². The third kappa shape index (κ3) is 4.60. The van der Waals surface area contributed by atoms with E-state index in [9.17, 15) is 13.2 Å². The summed E-state index contributed by atoms with van der Waals surface area (Å²) in [5.41, 5.74) is 3.14. The molecule has 0 spiro atoms. The highest BCUT2D eigenvalue weighted by Gasteiger charge is 2.23. The fourth-order valence-corrected chi connectivity index (χ4v) is 4.14. The van der Waals surface area contributed by atoms with Crippen molar-refractivity contribution < 1.29 is 13.2 Å². The van der Waals surface area contributed by atoms with E-state index in [0.29, 0.717) is 6.42 Å². The van der Waals surface area contributed by atoms with Gasteiger partial charge >= 0.3 is 0 Å². The van der Waals surface area contributed by atoms with Gasteiger partial charge in [0.2, 0.25) is 15.9 Å². The number of sulfonamides is 1. The fraction of sp³-hybridized carbons (Fsp3) is 0.333. The van der Waals surface area contributed by atoms with Gasteiger partial charge in [-0.1, -0.05) is 25.1 Å². The Kier molecular flexibility index (Phi) is 5.86. The molecule has 0 bridgehead atoms. The van der Waals surface area contributed by atoms with Crippen LogP contribution in [0.25, 0.3) is 0 Å². The van der Waals surface area contributed by atoms with Gasteiger partial charge in [-0.15, -0.1) is 11.3 Å². The summed E-state index contributed by atoms with van der Waals surface area (Å²) >= 11 is 1.44. The van der Waals surface area contributed by atoms with Crippen LogP contribution in [-0.4, -0.2) is 25.4 Å². The highest BCUT2D eigenvalue weighted by Crippen LogP contribution is 2.16. The van der Waals surface area contributed by atoms with Gasteiger partial charge in [0, 0.05) is 5.38 Å². The van der Waals surface area contributed by atoms with E-state index in [1.54, 1.807) is 29.8 Å². The molecule has 2 N–H and O–H groups in total. The topological polar surface area (TPSA) is 88.2 Å². The molecule has 124 valence electrons. The normalized spacial score (nSPS) is 12.8. The Morgan fingerprint density at radius 2 is 2.09 bits per heavy atom. The van der Waals surface area contributed by atoms with Crippen molar-refractivity contribution in [3.63, 3.8) is 0 Å². The van der Waals surface area contributed by atoms with Crippen LogP contribution < -0.4 is 10.0 Å². The van der Waals surface area contributed by atoms with Gasteiger partial charge in [-0.25, -0.2) is 13.4 Å². The lowest BCUT2D eigenvalue weighted by Crippen LogP contribution is -2.44. The number of carbonyl (C=O) groups is 1. The SMILES string of the molecule is CCc1ccccc1S(=O)(=O)NC(C)C(=O)NCc1cscn1. The van der Waals surface area contributed by atoms with Crippen LogP contribution in [0.5, 0.6) is 0 Å². The maximum Gasteiger partial charge on any atom is 0.241 e. The second kappa shape index (κ2) is 7.67. The largest absolute Gasteiger partial charge is 0.349 e. The number of amides is 1. The van der Waals surface area contributed by atoms with Crippen molar-refractivity contribution in [2.24, 2.45) is 0 Å². The number of hydrogen-bond acceptors (Lipinski definition) is 5. The summed E-state index contributed by atoms with van der Waals surface area (Å²) in [4.78, 5) is 16.3. The van der Waals surface area contributed by atoms with Crippen molar-refractivity contribution in [3.8, 4) is 0 Å². The summed E-state index contributed by atoms with van der Waals surface area (Å²) in [5.74, 6) is -0.393. The van der Waals surface area contributed by atoms with Gasteiger partial charge < -0.3 is 5.32 Å². The minimum Gasteiger partial charge on any atom is -0.349 e. The standard InChI is InChI=1S/C15H19N3O3S2/c1-3-12-6-4-5-7-14(12)23(20,21)18-11(2)15(19)16-8-13-9-22-10-17-13/h4-7,9-11,18H,3,8H2,1-2H3,(H,16,19). The molecular weight excluding hydrogens is 334 g/mol. The van der Waals surface area contributed by atoms with E-state index in [1.165, 1.54) is 18.3 Å². The van der Waals surface area contributed by atoms with Crippen molar-refractivity contribution in [1.29, 1.82) is 0 Å². The molecule has 1 amide bonds. The first kappa shape index (κ1) is 17.6. The van der Waals surface area contributed by atoms with Crippen LogP contribution in [0, 0.1) is 0 Å². The number of nitrogens with one attached hydrogen (secondary N) is 2. The van der Waals surface area contributed by atoms with Crippen LogP contribution in [0.4, 0.5) is 0 Å². The molecule has 2 rings (SSSR count). The molecule has 0 saturated heterocycles. The molecule has 0 aliphatic heterocycles. The summed E-state index contributed by atoms with van der Waals surface area (Å²) in [7, 11) is -3.74. The maximum absolute atomic E-state index is 12.5.